The highest BCUT2D eigenvalue weighted by Crippen LogP contribution is 2.20. The van der Waals surface area contributed by atoms with Crippen molar-refractivity contribution in [2.24, 2.45) is 5.92 Å². The maximum Gasteiger partial charge on any atom is 0.128 e. The van der Waals surface area contributed by atoms with Crippen LogP contribution >= 0.6 is 0 Å². The molecule has 1 unspecified atom stereocenters. The van der Waals surface area contributed by atoms with Crippen LogP contribution in [0.25, 0.3) is 0 Å². The molecule has 0 radical (unpaired) electrons. The van der Waals surface area contributed by atoms with Crippen LogP contribution in [-0.2, 0) is 0 Å². The average Bonchev–Trinajstić information content (AvgIpc) is 2.50. The Kier molecular flexibility index (Phi) is 6.00. The number of anilines is 1. The van der Waals surface area contributed by atoms with E-state index in [4.69, 9.17) is 0 Å². The third-order valence-corrected chi connectivity index (χ3v) is 4.54. The number of pyridine rings is 1. The molecule has 4 heteroatoms. The van der Waals surface area contributed by atoms with Crippen LogP contribution in [0.4, 0.5) is 5.82 Å². The van der Waals surface area contributed by atoms with Gasteiger partial charge < -0.3 is 15.1 Å². The molecule has 0 amide bonds. The summed E-state index contributed by atoms with van der Waals surface area (Å²) in [7, 11) is 4.37. The van der Waals surface area contributed by atoms with Gasteiger partial charge in [-0.1, -0.05) is 13.0 Å². The first kappa shape index (κ1) is 16.2. The predicted molar refractivity (Wildman–Crippen MR) is 89.8 cm³/mol. The highest BCUT2D eigenvalue weighted by molar-refractivity contribution is 5.38. The van der Waals surface area contributed by atoms with Crippen LogP contribution in [-0.4, -0.2) is 50.2 Å². The van der Waals surface area contributed by atoms with Crippen molar-refractivity contribution in [3.05, 3.63) is 23.9 Å². The van der Waals surface area contributed by atoms with E-state index >= 15 is 0 Å². The highest BCUT2D eigenvalue weighted by Gasteiger charge is 2.18. The summed E-state index contributed by atoms with van der Waals surface area (Å²) in [5.41, 5.74) is 1.26. The third kappa shape index (κ3) is 4.68. The fourth-order valence-corrected chi connectivity index (χ4v) is 3.03. The molecule has 1 aromatic rings. The molecule has 0 aliphatic carbocycles. The fourth-order valence-electron chi connectivity index (χ4n) is 3.03. The van der Waals surface area contributed by atoms with Crippen LogP contribution in [0.5, 0.6) is 0 Å². The van der Waals surface area contributed by atoms with Crippen LogP contribution in [0.2, 0.25) is 0 Å². The van der Waals surface area contributed by atoms with Gasteiger partial charge >= 0.3 is 0 Å². The van der Waals surface area contributed by atoms with E-state index in [0.29, 0.717) is 6.04 Å². The Balaban J connectivity index is 1.89. The molecule has 1 N–H and O–H groups in total. The molecular formula is C17H30N4. The van der Waals surface area contributed by atoms with Crippen molar-refractivity contribution in [1.29, 1.82) is 0 Å². The summed E-state index contributed by atoms with van der Waals surface area (Å²) in [5, 5.41) is 3.42. The van der Waals surface area contributed by atoms with Crippen molar-refractivity contribution < 1.29 is 0 Å². The van der Waals surface area contributed by atoms with E-state index in [2.05, 4.69) is 60.2 Å². The molecule has 1 aliphatic heterocycles. The standard InChI is InChI=1S/C17H30N4/c1-5-18-14(2)16-6-7-17(19-12-16)21(4)13-15-8-10-20(3)11-9-15/h6-7,12,14-15,18H,5,8-11,13H2,1-4H3. The van der Waals surface area contributed by atoms with Crippen LogP contribution in [0.3, 0.4) is 0 Å². The predicted octanol–water partition coefficient (Wildman–Crippen LogP) is 2.53. The molecule has 1 aliphatic rings. The minimum atomic E-state index is 0.371. The number of hydrogen-bond donors (Lipinski definition) is 1. The summed E-state index contributed by atoms with van der Waals surface area (Å²) in [6.07, 6.45) is 4.61. The average molecular weight is 290 g/mol. The Hall–Kier alpha value is -1.13. The largest absolute Gasteiger partial charge is 0.359 e. The van der Waals surface area contributed by atoms with E-state index in [1.807, 2.05) is 6.20 Å². The van der Waals surface area contributed by atoms with Crippen molar-refractivity contribution >= 4 is 5.82 Å². The quantitative estimate of drug-likeness (QED) is 0.872. The van der Waals surface area contributed by atoms with Crippen LogP contribution in [0.15, 0.2) is 18.3 Å². The minimum Gasteiger partial charge on any atom is -0.359 e. The van der Waals surface area contributed by atoms with Crippen molar-refractivity contribution in [2.75, 3.05) is 45.2 Å². The van der Waals surface area contributed by atoms with Gasteiger partial charge in [0.2, 0.25) is 0 Å². The monoisotopic (exact) mass is 290 g/mol. The first-order valence-electron chi connectivity index (χ1n) is 8.19. The number of nitrogens with zero attached hydrogens (tertiary/aromatic N) is 3. The summed E-state index contributed by atoms with van der Waals surface area (Å²) < 4.78 is 0. The molecule has 1 saturated heterocycles. The zero-order chi connectivity index (χ0) is 15.2. The Labute approximate surface area is 129 Å². The first-order valence-corrected chi connectivity index (χ1v) is 8.19. The van der Waals surface area contributed by atoms with Crippen LogP contribution in [0, 0.1) is 5.92 Å². The molecule has 0 aromatic carbocycles. The Morgan fingerprint density at radius 3 is 2.67 bits per heavy atom. The van der Waals surface area contributed by atoms with Crippen molar-refractivity contribution in [3.63, 3.8) is 0 Å². The molecule has 1 fully saturated rings. The maximum atomic E-state index is 4.64. The lowest BCUT2D eigenvalue weighted by atomic mass is 9.97. The van der Waals surface area contributed by atoms with Crippen molar-refractivity contribution in [2.45, 2.75) is 32.7 Å². The van der Waals surface area contributed by atoms with Gasteiger partial charge in [-0.3, -0.25) is 0 Å². The second-order valence-corrected chi connectivity index (χ2v) is 6.36. The van der Waals surface area contributed by atoms with Crippen molar-refractivity contribution in [1.82, 2.24) is 15.2 Å². The lowest BCUT2D eigenvalue weighted by Crippen LogP contribution is -2.36. The third-order valence-electron chi connectivity index (χ3n) is 4.54. The second-order valence-electron chi connectivity index (χ2n) is 6.36. The number of aromatic nitrogens is 1. The molecule has 1 atom stereocenters. The lowest BCUT2D eigenvalue weighted by Gasteiger charge is -2.32. The van der Waals surface area contributed by atoms with Gasteiger partial charge in [-0.05, 0) is 64.0 Å². The number of likely N-dealkylation sites (tertiary alicyclic amines) is 1. The van der Waals surface area contributed by atoms with E-state index in [0.717, 1.165) is 24.8 Å². The van der Waals surface area contributed by atoms with Gasteiger partial charge in [-0.2, -0.15) is 0 Å². The number of hydrogen-bond acceptors (Lipinski definition) is 4. The molecule has 0 bridgehead atoms. The van der Waals surface area contributed by atoms with Crippen LogP contribution < -0.4 is 10.2 Å². The Morgan fingerprint density at radius 2 is 2.10 bits per heavy atom. The molecule has 21 heavy (non-hydrogen) atoms. The molecule has 0 spiro atoms. The normalized spacial score (nSPS) is 18.7. The molecule has 2 rings (SSSR count). The molecule has 118 valence electrons. The Morgan fingerprint density at radius 1 is 1.38 bits per heavy atom. The SMILES string of the molecule is CCNC(C)c1ccc(N(C)CC2CCN(C)CC2)nc1. The molecule has 2 heterocycles. The van der Waals surface area contributed by atoms with E-state index in [-0.39, 0.29) is 0 Å². The molecule has 1 aromatic heterocycles. The van der Waals surface area contributed by atoms with E-state index in [1.54, 1.807) is 0 Å². The van der Waals surface area contributed by atoms with E-state index < -0.39 is 0 Å². The van der Waals surface area contributed by atoms with Gasteiger partial charge in [-0.25, -0.2) is 4.98 Å². The molecule has 0 saturated carbocycles. The first-order chi connectivity index (χ1) is 10.1. The van der Waals surface area contributed by atoms with Gasteiger partial charge in [-0.15, -0.1) is 0 Å². The summed E-state index contributed by atoms with van der Waals surface area (Å²) in [4.78, 5) is 9.36. The maximum absolute atomic E-state index is 4.64. The van der Waals surface area contributed by atoms with Gasteiger partial charge in [0.1, 0.15) is 5.82 Å². The van der Waals surface area contributed by atoms with E-state index in [9.17, 15) is 0 Å². The summed E-state index contributed by atoms with van der Waals surface area (Å²) in [6.45, 7) is 8.87. The van der Waals surface area contributed by atoms with Gasteiger partial charge in [0.05, 0.1) is 0 Å². The van der Waals surface area contributed by atoms with Gasteiger partial charge in [0.15, 0.2) is 0 Å². The topological polar surface area (TPSA) is 31.4 Å². The second kappa shape index (κ2) is 7.76. The summed E-state index contributed by atoms with van der Waals surface area (Å²) >= 11 is 0. The number of piperidine rings is 1. The molecular weight excluding hydrogens is 260 g/mol. The summed E-state index contributed by atoms with van der Waals surface area (Å²) in [6, 6.07) is 4.72. The van der Waals surface area contributed by atoms with Gasteiger partial charge in [0, 0.05) is 25.8 Å². The van der Waals surface area contributed by atoms with Crippen LogP contribution in [0.1, 0.15) is 38.3 Å². The number of rotatable bonds is 6. The zero-order valence-corrected chi connectivity index (χ0v) is 14.0. The minimum absolute atomic E-state index is 0.371. The Bertz CT molecular complexity index is 409. The van der Waals surface area contributed by atoms with Gasteiger partial charge in [0.25, 0.3) is 0 Å². The summed E-state index contributed by atoms with van der Waals surface area (Å²) in [5.74, 6) is 1.88. The van der Waals surface area contributed by atoms with E-state index in [1.165, 1.54) is 31.5 Å². The zero-order valence-electron chi connectivity index (χ0n) is 14.0. The fraction of sp³-hybridized carbons (Fsp3) is 0.706. The lowest BCUT2D eigenvalue weighted by molar-refractivity contribution is 0.222. The highest BCUT2D eigenvalue weighted by atomic mass is 15.2. The smallest absolute Gasteiger partial charge is 0.128 e. The molecule has 4 nitrogen and oxygen atoms in total. The number of nitrogens with one attached hydrogen (secondary N) is 1. The van der Waals surface area contributed by atoms with Crippen molar-refractivity contribution in [3.8, 4) is 0 Å².